The van der Waals surface area contributed by atoms with Crippen molar-refractivity contribution in [3.63, 3.8) is 0 Å². The highest BCUT2D eigenvalue weighted by Gasteiger charge is 2.61. The molecule has 4 amide bonds. The van der Waals surface area contributed by atoms with Gasteiger partial charge in [-0.25, -0.2) is 14.4 Å². The van der Waals surface area contributed by atoms with Gasteiger partial charge in [-0.3, -0.25) is 14.5 Å². The Labute approximate surface area is 269 Å². The van der Waals surface area contributed by atoms with Crippen LogP contribution in [-0.2, 0) is 30.4 Å². The first-order valence-electron chi connectivity index (χ1n) is 16.0. The van der Waals surface area contributed by atoms with Crippen molar-refractivity contribution in [2.45, 2.75) is 102 Å². The van der Waals surface area contributed by atoms with E-state index in [9.17, 15) is 29.1 Å². The number of fused-ring (bicyclic) bond motifs is 3. The number of carbonyl (C=O) groups excluding carboxylic acids is 4. The van der Waals surface area contributed by atoms with Gasteiger partial charge >= 0.3 is 18.2 Å². The first-order valence-corrected chi connectivity index (χ1v) is 16.0. The topological polar surface area (TPSA) is 155 Å². The Morgan fingerprint density at radius 1 is 1.11 bits per heavy atom. The zero-order valence-corrected chi connectivity index (χ0v) is 26.8. The SMILES string of the molecule is C=C1CN(C(=O)O[C@@H]2C[C@H]3C(=O)N[C@]4(C(=O)O)C[C@H]4/C=C\CCCCC[C@H](NC(=O)OC(C)(C)C)C(=O)N3C2)Cc2ccccc21. The maximum atomic E-state index is 14.1. The number of allylic oxidation sites excluding steroid dienone is 1. The Hall–Kier alpha value is -4.35. The van der Waals surface area contributed by atoms with Crippen LogP contribution in [0.1, 0.15) is 76.8 Å². The van der Waals surface area contributed by atoms with Crippen LogP contribution in [0.25, 0.3) is 5.57 Å². The van der Waals surface area contributed by atoms with Crippen LogP contribution in [0.4, 0.5) is 9.59 Å². The van der Waals surface area contributed by atoms with Gasteiger partial charge in [-0.2, -0.15) is 0 Å². The third-order valence-corrected chi connectivity index (χ3v) is 8.98. The van der Waals surface area contributed by atoms with Crippen LogP contribution in [0.2, 0.25) is 0 Å². The van der Waals surface area contributed by atoms with Gasteiger partial charge in [0.1, 0.15) is 29.3 Å². The van der Waals surface area contributed by atoms with Crippen LogP contribution >= 0.6 is 0 Å². The van der Waals surface area contributed by atoms with Crippen molar-refractivity contribution in [3.8, 4) is 0 Å². The number of benzene rings is 1. The summed E-state index contributed by atoms with van der Waals surface area (Å²) in [6.45, 7) is 9.77. The van der Waals surface area contributed by atoms with Gasteiger partial charge in [0.2, 0.25) is 11.8 Å². The molecule has 46 heavy (non-hydrogen) atoms. The van der Waals surface area contributed by atoms with Crippen molar-refractivity contribution in [1.29, 1.82) is 0 Å². The second-order valence-electron chi connectivity index (χ2n) is 13.7. The number of alkyl carbamates (subject to hydrolysis) is 1. The molecule has 1 aliphatic carbocycles. The maximum Gasteiger partial charge on any atom is 0.410 e. The van der Waals surface area contributed by atoms with Gasteiger partial charge in [0.25, 0.3) is 0 Å². The lowest BCUT2D eigenvalue weighted by Crippen LogP contribution is -2.56. The maximum absolute atomic E-state index is 14.1. The van der Waals surface area contributed by atoms with E-state index in [0.717, 1.165) is 36.0 Å². The smallest absolute Gasteiger partial charge is 0.410 e. The second-order valence-corrected chi connectivity index (χ2v) is 13.7. The van der Waals surface area contributed by atoms with Crippen molar-refractivity contribution in [3.05, 3.63) is 54.1 Å². The molecule has 1 aromatic carbocycles. The molecule has 1 saturated carbocycles. The molecule has 2 fully saturated rings. The lowest BCUT2D eigenvalue weighted by Gasteiger charge is -2.31. The van der Waals surface area contributed by atoms with E-state index >= 15 is 0 Å². The van der Waals surface area contributed by atoms with Crippen molar-refractivity contribution in [1.82, 2.24) is 20.4 Å². The van der Waals surface area contributed by atoms with E-state index in [2.05, 4.69) is 17.2 Å². The highest BCUT2D eigenvalue weighted by Crippen LogP contribution is 2.45. The molecule has 1 saturated heterocycles. The Kier molecular flexibility index (Phi) is 9.46. The van der Waals surface area contributed by atoms with E-state index in [1.165, 1.54) is 9.80 Å². The second kappa shape index (κ2) is 13.2. The van der Waals surface area contributed by atoms with E-state index in [4.69, 9.17) is 9.47 Å². The summed E-state index contributed by atoms with van der Waals surface area (Å²) >= 11 is 0. The van der Waals surface area contributed by atoms with Crippen molar-refractivity contribution in [2.75, 3.05) is 13.1 Å². The molecule has 248 valence electrons. The van der Waals surface area contributed by atoms with Crippen molar-refractivity contribution < 1.29 is 38.6 Å². The number of carbonyl (C=O) groups is 5. The number of rotatable bonds is 3. The van der Waals surface area contributed by atoms with E-state index in [1.54, 1.807) is 20.8 Å². The quantitative estimate of drug-likeness (QED) is 0.421. The molecule has 5 atom stereocenters. The minimum absolute atomic E-state index is 0.0238. The summed E-state index contributed by atoms with van der Waals surface area (Å²) in [7, 11) is 0. The lowest BCUT2D eigenvalue weighted by atomic mass is 9.96. The predicted molar refractivity (Wildman–Crippen MR) is 168 cm³/mol. The summed E-state index contributed by atoms with van der Waals surface area (Å²) in [6, 6.07) is 5.57. The highest BCUT2D eigenvalue weighted by molar-refractivity contribution is 5.96. The zero-order valence-electron chi connectivity index (χ0n) is 26.8. The molecule has 0 spiro atoms. The average Bonchev–Trinajstić information content (AvgIpc) is 3.52. The molecule has 3 aliphatic heterocycles. The standard InChI is InChI=1S/C34H44N4O8/c1-21-18-37(19-22-12-10-11-14-25(21)22)32(44)45-24-16-27-28(39)36-34(30(41)42)17-23(34)13-8-6-5-7-9-15-26(29(40)38(27)20-24)35-31(43)46-33(2,3)4/h8,10-14,23-24,26-27H,1,5-7,9,15-20H2,2-4H3,(H,35,43)(H,36,39)(H,41,42)/b13-8-/t23-,24-,26+,27+,34-/m1/s1. The first kappa shape index (κ1) is 33.0. The molecule has 12 heteroatoms. The van der Waals surface area contributed by atoms with Crippen LogP contribution in [0.15, 0.2) is 43.0 Å². The fourth-order valence-electron chi connectivity index (χ4n) is 6.52. The van der Waals surface area contributed by atoms with E-state index in [1.807, 2.05) is 36.4 Å². The van der Waals surface area contributed by atoms with Crippen molar-refractivity contribution >= 4 is 35.5 Å². The van der Waals surface area contributed by atoms with Gasteiger partial charge in [-0.15, -0.1) is 0 Å². The Morgan fingerprint density at radius 3 is 2.61 bits per heavy atom. The van der Waals surface area contributed by atoms with Gasteiger partial charge in [0.15, 0.2) is 0 Å². The molecule has 0 aromatic heterocycles. The van der Waals surface area contributed by atoms with E-state index < -0.39 is 59.3 Å². The average molecular weight is 637 g/mol. The largest absolute Gasteiger partial charge is 0.479 e. The number of carboxylic acid groups (broad SMARTS) is 1. The Bertz CT molecular complexity index is 1430. The minimum Gasteiger partial charge on any atom is -0.479 e. The Morgan fingerprint density at radius 2 is 1.87 bits per heavy atom. The van der Waals surface area contributed by atoms with Gasteiger partial charge in [0.05, 0.1) is 6.54 Å². The number of ether oxygens (including phenoxy) is 2. The minimum atomic E-state index is -1.47. The number of carboxylic acids is 1. The number of hydrogen-bond donors (Lipinski definition) is 3. The molecule has 3 N–H and O–H groups in total. The molecule has 3 heterocycles. The van der Waals surface area contributed by atoms with E-state index in [0.29, 0.717) is 19.4 Å². The summed E-state index contributed by atoms with van der Waals surface area (Å²) in [5.41, 5.74) is 0.445. The number of nitrogens with zero attached hydrogens (tertiary/aromatic N) is 2. The van der Waals surface area contributed by atoms with Gasteiger partial charge in [-0.1, -0.05) is 55.8 Å². The fourth-order valence-corrected chi connectivity index (χ4v) is 6.52. The molecule has 12 nitrogen and oxygen atoms in total. The summed E-state index contributed by atoms with van der Waals surface area (Å²) in [6.07, 6.45) is 5.08. The highest BCUT2D eigenvalue weighted by atomic mass is 16.6. The molecular formula is C34H44N4O8. The van der Waals surface area contributed by atoms with Crippen LogP contribution in [0, 0.1) is 5.92 Å². The van der Waals surface area contributed by atoms with Crippen LogP contribution in [0.3, 0.4) is 0 Å². The first-order chi connectivity index (χ1) is 21.8. The predicted octanol–water partition coefficient (Wildman–Crippen LogP) is 3.99. The molecule has 4 aliphatic rings. The third-order valence-electron chi connectivity index (χ3n) is 8.98. The summed E-state index contributed by atoms with van der Waals surface area (Å²) < 4.78 is 11.3. The number of hydrogen-bond acceptors (Lipinski definition) is 7. The normalized spacial score (nSPS) is 29.2. The molecule has 1 aromatic rings. The van der Waals surface area contributed by atoms with Crippen LogP contribution in [0.5, 0.6) is 0 Å². The van der Waals surface area contributed by atoms with E-state index in [-0.39, 0.29) is 31.8 Å². The number of nitrogens with one attached hydrogen (secondary N) is 2. The molecule has 0 unspecified atom stereocenters. The zero-order chi connectivity index (χ0) is 33.2. The van der Waals surface area contributed by atoms with Gasteiger partial charge < -0.3 is 30.1 Å². The molecule has 0 radical (unpaired) electrons. The lowest BCUT2D eigenvalue weighted by molar-refractivity contribution is -0.145. The summed E-state index contributed by atoms with van der Waals surface area (Å²) in [4.78, 5) is 69.2. The van der Waals surface area contributed by atoms with Gasteiger partial charge in [0, 0.05) is 25.4 Å². The number of aliphatic carboxylic acids is 1. The number of amides is 4. The third kappa shape index (κ3) is 7.37. The van der Waals surface area contributed by atoms with Crippen LogP contribution < -0.4 is 10.6 Å². The Balaban J connectivity index is 1.38. The summed E-state index contributed by atoms with van der Waals surface area (Å²) in [5.74, 6) is -2.67. The summed E-state index contributed by atoms with van der Waals surface area (Å²) in [5, 5.41) is 15.5. The molecule has 5 rings (SSSR count). The van der Waals surface area contributed by atoms with Crippen molar-refractivity contribution in [2.24, 2.45) is 5.92 Å². The monoisotopic (exact) mass is 636 g/mol. The van der Waals surface area contributed by atoms with Crippen LogP contribution in [-0.4, -0.2) is 87.3 Å². The molecule has 0 bridgehead atoms. The van der Waals surface area contributed by atoms with Gasteiger partial charge in [-0.05, 0) is 63.2 Å². The molecular weight excluding hydrogens is 592 g/mol. The fraction of sp³-hybridized carbons (Fsp3) is 0.559.